The van der Waals surface area contributed by atoms with E-state index in [0.29, 0.717) is 24.6 Å². The van der Waals surface area contributed by atoms with Crippen LogP contribution in [-0.4, -0.2) is 34.9 Å². The number of ether oxygens (including phenoxy) is 2. The van der Waals surface area contributed by atoms with Gasteiger partial charge >= 0.3 is 0 Å². The number of aryl methyl sites for hydroxylation is 1. The van der Waals surface area contributed by atoms with Crippen LogP contribution in [0.4, 0.5) is 0 Å². The second-order valence-electron chi connectivity index (χ2n) is 4.84. The van der Waals surface area contributed by atoms with Gasteiger partial charge in [-0.3, -0.25) is 9.48 Å². The predicted octanol–water partition coefficient (Wildman–Crippen LogP) is 2.44. The van der Waals surface area contributed by atoms with Crippen molar-refractivity contribution in [2.45, 2.75) is 51.7 Å². The standard InChI is InChI=1S/C14H22N2O3/c1-4-16-12(11(18-3)10-15-16)13(17)14(19-5-2)8-6-7-9-14/h10H,4-9H2,1-3H3. The fourth-order valence-corrected chi connectivity index (χ4v) is 2.86. The van der Waals surface area contributed by atoms with Crippen LogP contribution in [0.5, 0.6) is 5.75 Å². The molecule has 0 spiro atoms. The average Bonchev–Trinajstić information content (AvgIpc) is 3.04. The number of rotatable bonds is 6. The number of carbonyl (C=O) groups excluding carboxylic acids is 1. The van der Waals surface area contributed by atoms with Gasteiger partial charge in [-0.25, -0.2) is 0 Å². The minimum absolute atomic E-state index is 0.0167. The molecule has 5 nitrogen and oxygen atoms in total. The summed E-state index contributed by atoms with van der Waals surface area (Å²) in [5, 5.41) is 4.20. The maximum Gasteiger partial charge on any atom is 0.216 e. The van der Waals surface area contributed by atoms with Gasteiger partial charge in [-0.1, -0.05) is 0 Å². The highest BCUT2D eigenvalue weighted by Gasteiger charge is 2.44. The van der Waals surface area contributed by atoms with Gasteiger partial charge in [-0.15, -0.1) is 0 Å². The third-order valence-electron chi connectivity index (χ3n) is 3.79. The molecule has 1 aliphatic rings. The maximum atomic E-state index is 12.9. The average molecular weight is 266 g/mol. The van der Waals surface area contributed by atoms with Crippen LogP contribution >= 0.6 is 0 Å². The Morgan fingerprint density at radius 2 is 2.11 bits per heavy atom. The zero-order valence-corrected chi connectivity index (χ0v) is 11.9. The van der Waals surface area contributed by atoms with E-state index in [1.54, 1.807) is 18.0 Å². The monoisotopic (exact) mass is 266 g/mol. The smallest absolute Gasteiger partial charge is 0.216 e. The van der Waals surface area contributed by atoms with E-state index in [1.807, 2.05) is 13.8 Å². The van der Waals surface area contributed by atoms with E-state index in [4.69, 9.17) is 9.47 Å². The molecule has 19 heavy (non-hydrogen) atoms. The minimum Gasteiger partial charge on any atom is -0.493 e. The first-order valence-electron chi connectivity index (χ1n) is 6.97. The van der Waals surface area contributed by atoms with Crippen molar-refractivity contribution >= 4 is 5.78 Å². The van der Waals surface area contributed by atoms with Crippen molar-refractivity contribution in [1.82, 2.24) is 9.78 Å². The minimum atomic E-state index is -0.672. The third-order valence-corrected chi connectivity index (χ3v) is 3.79. The van der Waals surface area contributed by atoms with Crippen LogP contribution in [0.25, 0.3) is 0 Å². The molecule has 1 saturated carbocycles. The highest BCUT2D eigenvalue weighted by molar-refractivity contribution is 6.03. The molecule has 1 aromatic rings. The number of hydrogen-bond acceptors (Lipinski definition) is 4. The Morgan fingerprint density at radius 3 is 2.63 bits per heavy atom. The molecule has 1 aliphatic carbocycles. The molecule has 1 aromatic heterocycles. The van der Waals surface area contributed by atoms with E-state index in [1.165, 1.54) is 0 Å². The largest absolute Gasteiger partial charge is 0.493 e. The summed E-state index contributed by atoms with van der Waals surface area (Å²) in [5.41, 5.74) is -0.130. The Bertz CT molecular complexity index is 426. The van der Waals surface area contributed by atoms with Crippen molar-refractivity contribution in [1.29, 1.82) is 0 Å². The molecule has 0 radical (unpaired) electrons. The summed E-state index contributed by atoms with van der Waals surface area (Å²) in [6.45, 7) is 5.09. The van der Waals surface area contributed by atoms with Crippen molar-refractivity contribution in [2.75, 3.05) is 13.7 Å². The summed E-state index contributed by atoms with van der Waals surface area (Å²) in [6.07, 6.45) is 5.25. The van der Waals surface area contributed by atoms with Gasteiger partial charge in [0.2, 0.25) is 5.78 Å². The highest BCUT2D eigenvalue weighted by Crippen LogP contribution is 2.38. The van der Waals surface area contributed by atoms with E-state index in [9.17, 15) is 4.79 Å². The van der Waals surface area contributed by atoms with E-state index in [0.717, 1.165) is 25.7 Å². The van der Waals surface area contributed by atoms with Gasteiger partial charge in [0.15, 0.2) is 5.75 Å². The molecule has 1 heterocycles. The van der Waals surface area contributed by atoms with Crippen molar-refractivity contribution in [3.8, 4) is 5.75 Å². The lowest BCUT2D eigenvalue weighted by molar-refractivity contribution is -0.0172. The molecule has 0 saturated heterocycles. The maximum absolute atomic E-state index is 12.9. The number of hydrogen-bond donors (Lipinski definition) is 0. The summed E-state index contributed by atoms with van der Waals surface area (Å²) in [5.74, 6) is 0.556. The van der Waals surface area contributed by atoms with Crippen LogP contribution in [0.2, 0.25) is 0 Å². The molecule has 0 amide bonds. The van der Waals surface area contributed by atoms with Gasteiger partial charge in [0.25, 0.3) is 0 Å². The van der Waals surface area contributed by atoms with E-state index in [2.05, 4.69) is 5.10 Å². The fraction of sp³-hybridized carbons (Fsp3) is 0.714. The quantitative estimate of drug-likeness (QED) is 0.742. The Balaban J connectivity index is 2.39. The molecule has 0 N–H and O–H groups in total. The van der Waals surface area contributed by atoms with Gasteiger partial charge in [0.05, 0.1) is 13.3 Å². The normalized spacial score (nSPS) is 17.6. The van der Waals surface area contributed by atoms with Crippen molar-refractivity contribution in [3.05, 3.63) is 11.9 Å². The Kier molecular flexibility index (Phi) is 4.24. The molecule has 0 aliphatic heterocycles. The van der Waals surface area contributed by atoms with Crippen LogP contribution < -0.4 is 4.74 Å². The lowest BCUT2D eigenvalue weighted by Crippen LogP contribution is -2.40. The molecule has 0 aromatic carbocycles. The van der Waals surface area contributed by atoms with Gasteiger partial charge < -0.3 is 9.47 Å². The third kappa shape index (κ3) is 2.39. The van der Waals surface area contributed by atoms with Crippen LogP contribution in [0.3, 0.4) is 0 Å². The van der Waals surface area contributed by atoms with Gasteiger partial charge in [-0.2, -0.15) is 5.10 Å². The molecule has 0 unspecified atom stereocenters. The Labute approximate surface area is 113 Å². The number of Topliss-reactive ketones (excluding diaryl/α,β-unsaturated/α-hetero) is 1. The van der Waals surface area contributed by atoms with Gasteiger partial charge in [0.1, 0.15) is 11.3 Å². The number of ketones is 1. The second-order valence-corrected chi connectivity index (χ2v) is 4.84. The van der Waals surface area contributed by atoms with Crippen LogP contribution in [0, 0.1) is 0 Å². The molecule has 0 bridgehead atoms. The molecular formula is C14H22N2O3. The molecule has 106 valence electrons. The summed E-state index contributed by atoms with van der Waals surface area (Å²) in [4.78, 5) is 12.9. The first-order chi connectivity index (χ1) is 9.18. The number of aromatic nitrogens is 2. The van der Waals surface area contributed by atoms with Crippen LogP contribution in [-0.2, 0) is 11.3 Å². The SMILES string of the molecule is CCOC1(C(=O)c2c(OC)cnn2CC)CCCC1. The number of carbonyl (C=O) groups is 1. The van der Waals surface area contributed by atoms with Crippen LogP contribution in [0.1, 0.15) is 50.0 Å². The van der Waals surface area contributed by atoms with E-state index in [-0.39, 0.29) is 5.78 Å². The highest BCUT2D eigenvalue weighted by atomic mass is 16.5. The first kappa shape index (κ1) is 14.1. The van der Waals surface area contributed by atoms with Crippen molar-refractivity contribution in [2.24, 2.45) is 0 Å². The van der Waals surface area contributed by atoms with Crippen molar-refractivity contribution < 1.29 is 14.3 Å². The number of nitrogens with zero attached hydrogens (tertiary/aromatic N) is 2. The van der Waals surface area contributed by atoms with Gasteiger partial charge in [-0.05, 0) is 39.5 Å². The number of methoxy groups -OCH3 is 1. The molecule has 0 atom stereocenters. The lowest BCUT2D eigenvalue weighted by Gasteiger charge is -2.27. The Hall–Kier alpha value is -1.36. The lowest BCUT2D eigenvalue weighted by atomic mass is 9.93. The molecule has 2 rings (SSSR count). The summed E-state index contributed by atoms with van der Waals surface area (Å²) < 4.78 is 12.8. The van der Waals surface area contributed by atoms with Crippen molar-refractivity contribution in [3.63, 3.8) is 0 Å². The summed E-state index contributed by atoms with van der Waals surface area (Å²) in [7, 11) is 1.57. The zero-order valence-electron chi connectivity index (χ0n) is 11.9. The summed E-state index contributed by atoms with van der Waals surface area (Å²) in [6, 6.07) is 0. The fourth-order valence-electron chi connectivity index (χ4n) is 2.86. The summed E-state index contributed by atoms with van der Waals surface area (Å²) >= 11 is 0. The zero-order chi connectivity index (χ0) is 13.9. The van der Waals surface area contributed by atoms with E-state index >= 15 is 0 Å². The van der Waals surface area contributed by atoms with Crippen LogP contribution in [0.15, 0.2) is 6.20 Å². The molecule has 1 fully saturated rings. The van der Waals surface area contributed by atoms with E-state index < -0.39 is 5.60 Å². The second kappa shape index (κ2) is 5.74. The predicted molar refractivity (Wildman–Crippen MR) is 71.6 cm³/mol. The first-order valence-corrected chi connectivity index (χ1v) is 6.97. The van der Waals surface area contributed by atoms with Gasteiger partial charge in [0, 0.05) is 13.2 Å². The topological polar surface area (TPSA) is 53.4 Å². The molecule has 5 heteroatoms. The Morgan fingerprint density at radius 1 is 1.42 bits per heavy atom. The molecular weight excluding hydrogens is 244 g/mol.